The first-order chi connectivity index (χ1) is 16.7. The molecular weight excluding hydrogens is 440 g/mol. The van der Waals surface area contributed by atoms with E-state index in [9.17, 15) is 9.90 Å². The molecule has 0 radical (unpaired) electrons. The quantitative estimate of drug-likeness (QED) is 0.122. The van der Waals surface area contributed by atoms with Crippen LogP contribution in [0.5, 0.6) is 0 Å². The van der Waals surface area contributed by atoms with E-state index >= 15 is 0 Å². The van der Waals surface area contributed by atoms with Crippen molar-refractivity contribution in [3.63, 3.8) is 0 Å². The Morgan fingerprint density at radius 3 is 1.71 bits per heavy atom. The van der Waals surface area contributed by atoms with Crippen molar-refractivity contribution in [3.05, 3.63) is 35.9 Å². The topological polar surface area (TPSA) is 46.5 Å². The number of esters is 1. The van der Waals surface area contributed by atoms with E-state index < -0.39 is 12.2 Å². The summed E-state index contributed by atoms with van der Waals surface area (Å²) < 4.78 is 5.72. The summed E-state index contributed by atoms with van der Waals surface area (Å²) in [6.45, 7) is 2.28. The molecule has 0 aliphatic rings. The van der Waals surface area contributed by atoms with Crippen LogP contribution in [0.2, 0.25) is 0 Å². The van der Waals surface area contributed by atoms with Crippen LogP contribution in [0.3, 0.4) is 0 Å². The maximum absolute atomic E-state index is 12.5. The smallest absolute Gasteiger partial charge is 0.338 e. The van der Waals surface area contributed by atoms with Gasteiger partial charge in [0.2, 0.25) is 0 Å². The molecule has 0 saturated carbocycles. The average molecular weight is 493 g/mol. The van der Waals surface area contributed by atoms with Crippen molar-refractivity contribution in [2.45, 2.75) is 135 Å². The second kappa shape index (κ2) is 22.5. The molecular formula is C30H52O3S. The van der Waals surface area contributed by atoms with Crippen LogP contribution in [0.15, 0.2) is 30.3 Å². The van der Waals surface area contributed by atoms with Gasteiger partial charge in [-0.3, -0.25) is 0 Å². The Morgan fingerprint density at radius 1 is 0.765 bits per heavy atom. The van der Waals surface area contributed by atoms with Crippen molar-refractivity contribution >= 4 is 17.7 Å². The summed E-state index contributed by atoms with van der Waals surface area (Å²) in [5, 5.41) is 10.6. The number of carbonyl (C=O) groups is 1. The van der Waals surface area contributed by atoms with E-state index in [1.807, 2.05) is 24.5 Å². The number of carbonyl (C=O) groups excluding carboxylic acids is 1. The van der Waals surface area contributed by atoms with Crippen molar-refractivity contribution in [1.82, 2.24) is 0 Å². The maximum Gasteiger partial charge on any atom is 0.338 e. The number of hydrogen-bond acceptors (Lipinski definition) is 4. The molecule has 0 aliphatic heterocycles. The monoisotopic (exact) mass is 492 g/mol. The lowest BCUT2D eigenvalue weighted by molar-refractivity contribution is -0.0230. The number of unbranched alkanes of at least 4 members (excludes halogenated alkanes) is 15. The van der Waals surface area contributed by atoms with Crippen LogP contribution in [0.4, 0.5) is 0 Å². The molecule has 1 aromatic rings. The molecule has 0 aliphatic carbocycles. The molecule has 2 atom stereocenters. The van der Waals surface area contributed by atoms with Crippen LogP contribution in [0, 0.1) is 0 Å². The highest BCUT2D eigenvalue weighted by Crippen LogP contribution is 2.19. The van der Waals surface area contributed by atoms with E-state index in [0.29, 0.717) is 12.0 Å². The minimum Gasteiger partial charge on any atom is -0.456 e. The summed E-state index contributed by atoms with van der Waals surface area (Å²) in [4.78, 5) is 12.5. The first-order valence-corrected chi connectivity index (χ1v) is 15.5. The molecule has 1 aromatic carbocycles. The van der Waals surface area contributed by atoms with Gasteiger partial charge >= 0.3 is 5.97 Å². The van der Waals surface area contributed by atoms with Crippen molar-refractivity contribution in [2.24, 2.45) is 0 Å². The normalized spacial score (nSPS) is 13.0. The molecule has 0 spiro atoms. The molecule has 0 fully saturated rings. The highest BCUT2D eigenvalue weighted by molar-refractivity contribution is 7.98. The summed E-state index contributed by atoms with van der Waals surface area (Å²) in [5.74, 6) is 0.546. The summed E-state index contributed by atoms with van der Waals surface area (Å²) in [6.07, 6.45) is 23.9. The maximum atomic E-state index is 12.5. The molecule has 1 N–H and O–H groups in total. The zero-order chi connectivity index (χ0) is 24.7. The molecule has 0 bridgehead atoms. The van der Waals surface area contributed by atoms with E-state index in [-0.39, 0.29) is 5.97 Å². The van der Waals surface area contributed by atoms with Crippen molar-refractivity contribution in [3.8, 4) is 0 Å². The van der Waals surface area contributed by atoms with Gasteiger partial charge in [-0.25, -0.2) is 4.79 Å². The molecule has 3 nitrogen and oxygen atoms in total. The number of thioether (sulfide) groups is 1. The van der Waals surface area contributed by atoms with E-state index in [2.05, 4.69) is 6.92 Å². The summed E-state index contributed by atoms with van der Waals surface area (Å²) in [6, 6.07) is 9.10. The fourth-order valence-corrected chi connectivity index (χ4v) is 4.90. The third kappa shape index (κ3) is 16.6. The second-order valence-electron chi connectivity index (χ2n) is 9.75. The molecule has 4 heteroatoms. The van der Waals surface area contributed by atoms with Crippen LogP contribution in [0.25, 0.3) is 0 Å². The number of hydrogen-bond donors (Lipinski definition) is 1. The number of ether oxygens (including phenoxy) is 1. The zero-order valence-corrected chi connectivity index (χ0v) is 23.0. The van der Waals surface area contributed by atoms with E-state index in [1.54, 1.807) is 23.9 Å². The zero-order valence-electron chi connectivity index (χ0n) is 22.1. The van der Waals surface area contributed by atoms with Gasteiger partial charge in [-0.05, 0) is 43.4 Å². The fraction of sp³-hybridized carbons (Fsp3) is 0.767. The van der Waals surface area contributed by atoms with Crippen LogP contribution < -0.4 is 0 Å². The molecule has 0 saturated heterocycles. The summed E-state index contributed by atoms with van der Waals surface area (Å²) in [7, 11) is 0. The number of rotatable bonds is 23. The lowest BCUT2D eigenvalue weighted by Gasteiger charge is -2.23. The van der Waals surface area contributed by atoms with Gasteiger partial charge in [0, 0.05) is 0 Å². The predicted octanol–water partition coefficient (Wildman–Crippen LogP) is 8.98. The predicted molar refractivity (Wildman–Crippen MR) is 149 cm³/mol. The van der Waals surface area contributed by atoms with Gasteiger partial charge in [0.15, 0.2) is 0 Å². The van der Waals surface area contributed by atoms with Crippen LogP contribution in [-0.2, 0) is 4.74 Å². The molecule has 0 heterocycles. The Balaban J connectivity index is 2.09. The lowest BCUT2D eigenvalue weighted by Crippen LogP contribution is -2.32. The van der Waals surface area contributed by atoms with E-state index in [4.69, 9.17) is 4.74 Å². The van der Waals surface area contributed by atoms with Crippen molar-refractivity contribution in [1.29, 1.82) is 0 Å². The van der Waals surface area contributed by atoms with Gasteiger partial charge in [-0.1, -0.05) is 121 Å². The molecule has 0 amide bonds. The fourth-order valence-electron chi connectivity index (χ4n) is 4.43. The Bertz CT molecular complexity index is 578. The standard InChI is InChI=1S/C30H52O3S/c1-3-4-5-6-7-8-9-10-11-12-13-14-15-16-17-21-24-29(28(31)25-26-34-2)33-30(32)27-22-19-18-20-23-27/h18-20,22-23,28-29,31H,3-17,21,24-26H2,1-2H3. The molecule has 34 heavy (non-hydrogen) atoms. The number of aliphatic hydroxyl groups excluding tert-OH is 1. The molecule has 0 aromatic heterocycles. The summed E-state index contributed by atoms with van der Waals surface area (Å²) in [5.41, 5.74) is 0.552. The van der Waals surface area contributed by atoms with E-state index in [1.165, 1.54) is 89.9 Å². The van der Waals surface area contributed by atoms with Gasteiger partial charge in [0.1, 0.15) is 6.10 Å². The molecule has 196 valence electrons. The van der Waals surface area contributed by atoms with Crippen LogP contribution >= 0.6 is 11.8 Å². The Kier molecular flexibility index (Phi) is 20.5. The first kappa shape index (κ1) is 31.0. The SMILES string of the molecule is CCCCCCCCCCCCCCCCCCC(OC(=O)c1ccccc1)C(O)CCSC. The Morgan fingerprint density at radius 2 is 1.24 bits per heavy atom. The largest absolute Gasteiger partial charge is 0.456 e. The van der Waals surface area contributed by atoms with E-state index in [0.717, 1.165) is 25.0 Å². The molecule has 2 unspecified atom stereocenters. The number of aliphatic hydroxyl groups is 1. The average Bonchev–Trinajstić information content (AvgIpc) is 2.86. The van der Waals surface area contributed by atoms with Gasteiger partial charge in [-0.2, -0.15) is 11.8 Å². The van der Waals surface area contributed by atoms with Gasteiger partial charge in [-0.15, -0.1) is 0 Å². The third-order valence-corrected chi connectivity index (χ3v) is 7.30. The highest BCUT2D eigenvalue weighted by atomic mass is 32.2. The Labute approximate surface area is 214 Å². The molecule has 1 rings (SSSR count). The van der Waals surface area contributed by atoms with Gasteiger partial charge in [0.05, 0.1) is 11.7 Å². The highest BCUT2D eigenvalue weighted by Gasteiger charge is 2.23. The van der Waals surface area contributed by atoms with Gasteiger partial charge in [0.25, 0.3) is 0 Å². The number of benzene rings is 1. The first-order valence-electron chi connectivity index (χ1n) is 14.1. The van der Waals surface area contributed by atoms with Crippen molar-refractivity contribution in [2.75, 3.05) is 12.0 Å². The van der Waals surface area contributed by atoms with Crippen LogP contribution in [-0.4, -0.2) is 35.3 Å². The van der Waals surface area contributed by atoms with Crippen molar-refractivity contribution < 1.29 is 14.6 Å². The second-order valence-corrected chi connectivity index (χ2v) is 10.7. The van der Waals surface area contributed by atoms with Gasteiger partial charge < -0.3 is 9.84 Å². The van der Waals surface area contributed by atoms with Crippen LogP contribution in [0.1, 0.15) is 133 Å². The third-order valence-electron chi connectivity index (χ3n) is 6.66. The minimum absolute atomic E-state index is 0.328. The lowest BCUT2D eigenvalue weighted by atomic mass is 10.0. The minimum atomic E-state index is -0.587. The summed E-state index contributed by atoms with van der Waals surface area (Å²) >= 11 is 1.71. The Hall–Kier alpha value is -1.00.